The number of carbonyl (C=O) groups excluding carboxylic acids is 2. The average Bonchev–Trinajstić information content (AvgIpc) is 3.23. The molecule has 158 valence electrons. The Labute approximate surface area is 180 Å². The number of likely N-dealkylation sites (tertiary alicyclic amines) is 1. The molecule has 1 aromatic heterocycles. The van der Waals surface area contributed by atoms with Crippen LogP contribution in [0.2, 0.25) is 0 Å². The van der Waals surface area contributed by atoms with Crippen LogP contribution in [0.4, 0.5) is 5.69 Å². The van der Waals surface area contributed by atoms with Crippen molar-refractivity contribution in [2.24, 2.45) is 5.10 Å². The van der Waals surface area contributed by atoms with Crippen LogP contribution < -0.4 is 5.01 Å². The first kappa shape index (κ1) is 19.5. The fourth-order valence-corrected chi connectivity index (χ4v) is 4.25. The van der Waals surface area contributed by atoms with Crippen LogP contribution in [0.1, 0.15) is 43.1 Å². The number of anilines is 1. The molecule has 2 aliphatic heterocycles. The summed E-state index contributed by atoms with van der Waals surface area (Å²) in [7, 11) is 0. The van der Waals surface area contributed by atoms with Crippen LogP contribution in [-0.2, 0) is 9.59 Å². The molecule has 2 amide bonds. The van der Waals surface area contributed by atoms with E-state index in [-0.39, 0.29) is 24.2 Å². The summed E-state index contributed by atoms with van der Waals surface area (Å²) in [6.45, 7) is 3.22. The monoisotopic (exact) mass is 416 g/mol. The predicted octanol–water partition coefficient (Wildman–Crippen LogP) is 4.03. The van der Waals surface area contributed by atoms with E-state index in [9.17, 15) is 9.59 Å². The topological polar surface area (TPSA) is 79.0 Å². The van der Waals surface area contributed by atoms with Crippen molar-refractivity contribution < 1.29 is 14.0 Å². The van der Waals surface area contributed by atoms with E-state index in [1.807, 2.05) is 60.4 Å². The molecular weight excluding hydrogens is 392 g/mol. The number of nitrogens with zero attached hydrogens (tertiary/aromatic N) is 4. The van der Waals surface area contributed by atoms with Crippen molar-refractivity contribution in [1.29, 1.82) is 0 Å². The second-order valence-electron chi connectivity index (χ2n) is 8.18. The van der Waals surface area contributed by atoms with Crippen LogP contribution in [0.3, 0.4) is 0 Å². The molecule has 2 aliphatic rings. The summed E-state index contributed by atoms with van der Waals surface area (Å²) < 4.78 is 5.92. The Kier molecular flexibility index (Phi) is 5.02. The maximum atomic E-state index is 13.1. The van der Waals surface area contributed by atoms with Crippen LogP contribution in [-0.4, -0.2) is 40.5 Å². The average molecular weight is 416 g/mol. The number of para-hydroxylation sites is 2. The Morgan fingerprint density at radius 3 is 2.65 bits per heavy atom. The molecule has 0 spiro atoms. The summed E-state index contributed by atoms with van der Waals surface area (Å²) in [5.41, 5.74) is 3.85. The molecule has 1 fully saturated rings. The van der Waals surface area contributed by atoms with Crippen LogP contribution in [0.15, 0.2) is 58.0 Å². The van der Waals surface area contributed by atoms with Crippen molar-refractivity contribution in [1.82, 2.24) is 9.88 Å². The normalized spacial score (nSPS) is 17.8. The molecule has 0 radical (unpaired) electrons. The van der Waals surface area contributed by atoms with Gasteiger partial charge in [-0.2, -0.15) is 5.10 Å². The van der Waals surface area contributed by atoms with Crippen LogP contribution in [0, 0.1) is 6.92 Å². The van der Waals surface area contributed by atoms with E-state index < -0.39 is 0 Å². The molecule has 3 aromatic rings. The molecule has 3 heterocycles. The summed E-state index contributed by atoms with van der Waals surface area (Å²) in [6, 6.07) is 15.4. The number of hydrogen-bond donors (Lipinski definition) is 0. The third-order valence-corrected chi connectivity index (χ3v) is 5.97. The van der Waals surface area contributed by atoms with Crippen LogP contribution >= 0.6 is 0 Å². The molecule has 31 heavy (non-hydrogen) atoms. The minimum Gasteiger partial charge on any atom is -0.440 e. The molecule has 7 nitrogen and oxygen atoms in total. The van der Waals surface area contributed by atoms with E-state index in [0.717, 1.165) is 35.4 Å². The van der Waals surface area contributed by atoms with Crippen molar-refractivity contribution >= 4 is 34.3 Å². The van der Waals surface area contributed by atoms with Gasteiger partial charge in [0.2, 0.25) is 5.91 Å². The van der Waals surface area contributed by atoms with Crippen molar-refractivity contribution in [2.45, 2.75) is 38.5 Å². The number of carbonyl (C=O) groups is 2. The summed E-state index contributed by atoms with van der Waals surface area (Å²) in [5, 5.41) is 5.80. The number of aromatic nitrogens is 1. The molecule has 0 N–H and O–H groups in total. The minimum atomic E-state index is -0.0863. The van der Waals surface area contributed by atoms with E-state index in [1.165, 1.54) is 5.01 Å². The zero-order valence-corrected chi connectivity index (χ0v) is 17.5. The van der Waals surface area contributed by atoms with E-state index >= 15 is 0 Å². The van der Waals surface area contributed by atoms with Gasteiger partial charge < -0.3 is 9.32 Å². The quantitative estimate of drug-likeness (QED) is 0.646. The van der Waals surface area contributed by atoms with Gasteiger partial charge in [0.05, 0.1) is 5.69 Å². The van der Waals surface area contributed by atoms with Gasteiger partial charge in [-0.15, -0.1) is 0 Å². The van der Waals surface area contributed by atoms with Gasteiger partial charge in [-0.25, -0.2) is 9.99 Å². The highest BCUT2D eigenvalue weighted by Gasteiger charge is 2.32. The third-order valence-electron chi connectivity index (χ3n) is 5.97. The smallest absolute Gasteiger partial charge is 0.270 e. The van der Waals surface area contributed by atoms with Crippen molar-refractivity contribution in [3.63, 3.8) is 0 Å². The van der Waals surface area contributed by atoms with Crippen molar-refractivity contribution in [2.75, 3.05) is 18.1 Å². The standard InChI is InChI=1S/C24H24N4O3/c1-16-5-4-6-18(15-16)28-22(29)10-9-20(26-28)24(30)27-13-11-17(12-14-27)23-25-19-7-2-3-8-21(19)31-23/h2-8,15,17H,9-14H2,1H3. The first-order valence-electron chi connectivity index (χ1n) is 10.7. The number of benzene rings is 2. The highest BCUT2D eigenvalue weighted by molar-refractivity contribution is 6.40. The third kappa shape index (κ3) is 3.83. The van der Waals surface area contributed by atoms with Gasteiger partial charge in [-0.05, 0) is 49.6 Å². The largest absolute Gasteiger partial charge is 0.440 e. The van der Waals surface area contributed by atoms with Gasteiger partial charge in [-0.3, -0.25) is 9.59 Å². The molecule has 0 saturated carbocycles. The summed E-state index contributed by atoms with van der Waals surface area (Å²) in [4.78, 5) is 32.0. The Morgan fingerprint density at radius 2 is 1.87 bits per heavy atom. The van der Waals surface area contributed by atoms with E-state index in [0.29, 0.717) is 30.9 Å². The van der Waals surface area contributed by atoms with Gasteiger partial charge in [0, 0.05) is 31.8 Å². The zero-order chi connectivity index (χ0) is 21.4. The molecule has 0 atom stereocenters. The van der Waals surface area contributed by atoms with Gasteiger partial charge in [0.25, 0.3) is 5.91 Å². The van der Waals surface area contributed by atoms with Gasteiger partial charge in [0.15, 0.2) is 11.5 Å². The number of aryl methyl sites for hydroxylation is 1. The van der Waals surface area contributed by atoms with Crippen molar-refractivity contribution in [3.8, 4) is 0 Å². The number of amides is 2. The lowest BCUT2D eigenvalue weighted by Crippen LogP contribution is -2.44. The molecule has 1 saturated heterocycles. The summed E-state index contributed by atoms with van der Waals surface area (Å²) in [5.74, 6) is 0.785. The maximum Gasteiger partial charge on any atom is 0.270 e. The van der Waals surface area contributed by atoms with E-state index in [2.05, 4.69) is 10.1 Å². The number of hydrazone groups is 1. The van der Waals surface area contributed by atoms with Crippen molar-refractivity contribution in [3.05, 3.63) is 60.0 Å². The molecule has 2 aromatic carbocycles. The Morgan fingerprint density at radius 1 is 1.06 bits per heavy atom. The first-order valence-corrected chi connectivity index (χ1v) is 10.7. The number of fused-ring (bicyclic) bond motifs is 1. The van der Waals surface area contributed by atoms with Gasteiger partial charge in [-0.1, -0.05) is 24.3 Å². The summed E-state index contributed by atoms with van der Waals surface area (Å²) >= 11 is 0. The van der Waals surface area contributed by atoms with Crippen LogP contribution in [0.5, 0.6) is 0 Å². The molecule has 0 aliphatic carbocycles. The molecule has 0 bridgehead atoms. The fraction of sp³-hybridized carbons (Fsp3) is 0.333. The fourth-order valence-electron chi connectivity index (χ4n) is 4.25. The Hall–Kier alpha value is -3.48. The first-order chi connectivity index (χ1) is 15.1. The zero-order valence-electron chi connectivity index (χ0n) is 17.5. The second kappa shape index (κ2) is 7.98. The van der Waals surface area contributed by atoms with E-state index in [1.54, 1.807) is 0 Å². The van der Waals surface area contributed by atoms with Gasteiger partial charge >= 0.3 is 0 Å². The Balaban J connectivity index is 1.28. The number of piperidine rings is 1. The van der Waals surface area contributed by atoms with Crippen LogP contribution in [0.25, 0.3) is 11.1 Å². The number of hydrogen-bond acceptors (Lipinski definition) is 5. The second-order valence-corrected chi connectivity index (χ2v) is 8.18. The van der Waals surface area contributed by atoms with Gasteiger partial charge in [0.1, 0.15) is 11.2 Å². The minimum absolute atomic E-state index is 0.0823. The predicted molar refractivity (Wildman–Crippen MR) is 118 cm³/mol. The number of rotatable bonds is 3. The lowest BCUT2D eigenvalue weighted by Gasteiger charge is -2.32. The lowest BCUT2D eigenvalue weighted by atomic mass is 9.96. The molecular formula is C24H24N4O3. The highest BCUT2D eigenvalue weighted by atomic mass is 16.3. The molecule has 5 rings (SSSR count). The Bertz CT molecular complexity index is 1140. The highest BCUT2D eigenvalue weighted by Crippen LogP contribution is 2.30. The maximum absolute atomic E-state index is 13.1. The molecule has 7 heteroatoms. The lowest BCUT2D eigenvalue weighted by molar-refractivity contribution is -0.125. The summed E-state index contributed by atoms with van der Waals surface area (Å²) in [6.07, 6.45) is 2.27. The SMILES string of the molecule is Cc1cccc(N2N=C(C(=O)N3CCC(c4nc5ccccc5o4)CC3)CCC2=O)c1. The number of oxazole rings is 1. The van der Waals surface area contributed by atoms with E-state index in [4.69, 9.17) is 4.42 Å². The molecule has 0 unspecified atom stereocenters.